The van der Waals surface area contributed by atoms with Gasteiger partial charge in [-0.1, -0.05) is 30.3 Å². The summed E-state index contributed by atoms with van der Waals surface area (Å²) < 4.78 is 5.23. The number of phenols is 1. The van der Waals surface area contributed by atoms with Gasteiger partial charge in [-0.2, -0.15) is 0 Å². The third-order valence-electron chi connectivity index (χ3n) is 6.60. The average molecular weight is 584 g/mol. The van der Waals surface area contributed by atoms with Gasteiger partial charge in [-0.15, -0.1) is 0 Å². The van der Waals surface area contributed by atoms with Crippen molar-refractivity contribution in [3.8, 4) is 5.75 Å². The summed E-state index contributed by atoms with van der Waals surface area (Å²) in [6.45, 7) is 9.27. The van der Waals surface area contributed by atoms with Crippen molar-refractivity contribution in [2.75, 3.05) is 6.54 Å². The number of ether oxygens (including phenoxy) is 1. The smallest absolute Gasteiger partial charge is 0.407 e. The van der Waals surface area contributed by atoms with E-state index in [1.165, 1.54) is 0 Å². The van der Waals surface area contributed by atoms with Gasteiger partial charge in [0.15, 0.2) is 0 Å². The highest BCUT2D eigenvalue weighted by atomic mass is 16.6. The lowest BCUT2D eigenvalue weighted by Crippen LogP contribution is -2.56. The highest BCUT2D eigenvalue weighted by Gasteiger charge is 2.28. The minimum Gasteiger partial charge on any atom is -0.508 e. The second-order valence-corrected chi connectivity index (χ2v) is 11.5. The third-order valence-corrected chi connectivity index (χ3v) is 6.60. The standard InChI is InChI=1S/C31H45N5O6/c1-19-15-22(37)16-20(2)23(19)18-24(32)28(39)35-25(13-9-10-14-34-30(41)42-31(3,4)5)29(40)36-26(27(33)38)17-21-11-7-6-8-12-21/h6-8,11-12,15-16,24-26,37H,9-10,13-14,17-18,32H2,1-5H3,(H2,33,38)(H,34,41)(H,35,39)(H,36,40)/t24-,25+,26+/m1/s1. The Hall–Kier alpha value is -4.12. The number of nitrogens with one attached hydrogen (secondary N) is 3. The molecule has 4 amide bonds. The Balaban J connectivity index is 2.09. The monoisotopic (exact) mass is 583 g/mol. The van der Waals surface area contributed by atoms with Gasteiger partial charge in [0.05, 0.1) is 6.04 Å². The molecule has 0 bridgehead atoms. The Labute approximate surface area is 247 Å². The number of aryl methyl sites for hydroxylation is 2. The number of carbonyl (C=O) groups is 4. The SMILES string of the molecule is Cc1cc(O)cc(C)c1C[C@@H](N)C(=O)N[C@@H](CCCCNC(=O)OC(C)(C)C)C(=O)N[C@@H](Cc1ccccc1)C(N)=O. The lowest BCUT2D eigenvalue weighted by atomic mass is 9.95. The molecular weight excluding hydrogens is 538 g/mol. The van der Waals surface area contributed by atoms with Gasteiger partial charge in [-0.3, -0.25) is 14.4 Å². The van der Waals surface area contributed by atoms with E-state index in [0.29, 0.717) is 19.4 Å². The second kappa shape index (κ2) is 15.8. The molecule has 230 valence electrons. The van der Waals surface area contributed by atoms with Gasteiger partial charge in [0, 0.05) is 13.0 Å². The molecule has 0 heterocycles. The first-order valence-corrected chi connectivity index (χ1v) is 14.1. The summed E-state index contributed by atoms with van der Waals surface area (Å²) >= 11 is 0. The maximum absolute atomic E-state index is 13.3. The van der Waals surface area contributed by atoms with Crippen LogP contribution < -0.4 is 27.4 Å². The van der Waals surface area contributed by atoms with E-state index < -0.39 is 47.5 Å². The van der Waals surface area contributed by atoms with Crippen molar-refractivity contribution in [2.45, 2.75) is 90.4 Å². The first-order chi connectivity index (χ1) is 19.7. The summed E-state index contributed by atoms with van der Waals surface area (Å²) in [5.41, 5.74) is 14.5. The average Bonchev–Trinajstić information content (AvgIpc) is 2.88. The molecule has 8 N–H and O–H groups in total. The predicted octanol–water partition coefficient (Wildman–Crippen LogP) is 2.27. The maximum atomic E-state index is 13.3. The number of unbranched alkanes of at least 4 members (excludes halogenated alkanes) is 1. The van der Waals surface area contributed by atoms with E-state index in [1.54, 1.807) is 32.9 Å². The Bertz CT molecular complexity index is 1210. The Morgan fingerprint density at radius 3 is 2.07 bits per heavy atom. The van der Waals surface area contributed by atoms with E-state index in [4.69, 9.17) is 16.2 Å². The quantitative estimate of drug-likeness (QED) is 0.184. The number of aromatic hydroxyl groups is 1. The van der Waals surface area contributed by atoms with E-state index >= 15 is 0 Å². The fourth-order valence-electron chi connectivity index (χ4n) is 4.48. The molecule has 0 aromatic heterocycles. The van der Waals surface area contributed by atoms with Crippen LogP contribution in [0, 0.1) is 13.8 Å². The molecule has 0 aliphatic rings. The summed E-state index contributed by atoms with van der Waals surface area (Å²) in [5.74, 6) is -1.67. The highest BCUT2D eigenvalue weighted by Crippen LogP contribution is 2.22. The number of primary amides is 1. The molecule has 2 aromatic rings. The van der Waals surface area contributed by atoms with Crippen LogP contribution >= 0.6 is 0 Å². The number of rotatable bonds is 14. The Morgan fingerprint density at radius 2 is 1.50 bits per heavy atom. The number of benzene rings is 2. The molecule has 11 nitrogen and oxygen atoms in total. The topological polar surface area (TPSA) is 186 Å². The molecule has 0 saturated heterocycles. The Morgan fingerprint density at radius 1 is 0.905 bits per heavy atom. The van der Waals surface area contributed by atoms with Crippen molar-refractivity contribution in [1.82, 2.24) is 16.0 Å². The number of nitrogens with two attached hydrogens (primary N) is 2. The van der Waals surface area contributed by atoms with Gasteiger partial charge in [0.1, 0.15) is 23.4 Å². The van der Waals surface area contributed by atoms with Gasteiger partial charge in [0.25, 0.3) is 0 Å². The normalized spacial score (nSPS) is 13.4. The van der Waals surface area contributed by atoms with E-state index in [2.05, 4.69) is 16.0 Å². The van der Waals surface area contributed by atoms with Crippen molar-refractivity contribution in [2.24, 2.45) is 11.5 Å². The van der Waals surface area contributed by atoms with Crippen molar-refractivity contribution >= 4 is 23.8 Å². The van der Waals surface area contributed by atoms with E-state index in [0.717, 1.165) is 22.3 Å². The van der Waals surface area contributed by atoms with Crippen LogP contribution in [-0.2, 0) is 32.0 Å². The molecule has 0 aliphatic heterocycles. The number of carbonyl (C=O) groups excluding carboxylic acids is 4. The molecule has 0 spiro atoms. The van der Waals surface area contributed by atoms with Crippen LogP contribution in [0.4, 0.5) is 4.79 Å². The Kier molecular flexibility index (Phi) is 12.8. The number of hydrogen-bond acceptors (Lipinski definition) is 7. The van der Waals surface area contributed by atoms with Crippen LogP contribution in [-0.4, -0.2) is 59.2 Å². The third kappa shape index (κ3) is 11.8. The highest BCUT2D eigenvalue weighted by molar-refractivity contribution is 5.92. The van der Waals surface area contributed by atoms with Crippen LogP contribution in [0.1, 0.15) is 62.3 Å². The van der Waals surface area contributed by atoms with Gasteiger partial charge in [0.2, 0.25) is 17.7 Å². The summed E-state index contributed by atoms with van der Waals surface area (Å²) in [6, 6.07) is 9.40. The molecule has 0 saturated carbocycles. The van der Waals surface area contributed by atoms with Crippen molar-refractivity contribution in [3.05, 3.63) is 64.7 Å². The number of hydrogen-bond donors (Lipinski definition) is 6. The van der Waals surface area contributed by atoms with E-state index in [9.17, 15) is 24.3 Å². The second-order valence-electron chi connectivity index (χ2n) is 11.5. The fraction of sp³-hybridized carbons (Fsp3) is 0.484. The molecule has 0 aliphatic carbocycles. The van der Waals surface area contributed by atoms with Crippen molar-refractivity contribution in [3.63, 3.8) is 0 Å². The summed E-state index contributed by atoms with van der Waals surface area (Å²) in [4.78, 5) is 50.6. The number of alkyl carbamates (subject to hydrolysis) is 1. The van der Waals surface area contributed by atoms with E-state index in [-0.39, 0.29) is 25.0 Å². The predicted molar refractivity (Wildman–Crippen MR) is 161 cm³/mol. The number of amides is 4. The molecule has 11 heteroatoms. The summed E-state index contributed by atoms with van der Waals surface area (Å²) in [7, 11) is 0. The van der Waals surface area contributed by atoms with Crippen LogP contribution in [0.3, 0.4) is 0 Å². The van der Waals surface area contributed by atoms with Gasteiger partial charge in [-0.05, 0) is 94.7 Å². The first kappa shape index (κ1) is 34.1. The molecule has 3 atom stereocenters. The number of phenolic OH excluding ortho intramolecular Hbond substituents is 1. The zero-order chi connectivity index (χ0) is 31.4. The van der Waals surface area contributed by atoms with Crippen LogP contribution in [0.25, 0.3) is 0 Å². The molecule has 0 fully saturated rings. The van der Waals surface area contributed by atoms with Crippen LogP contribution in [0.15, 0.2) is 42.5 Å². The van der Waals surface area contributed by atoms with Gasteiger partial charge < -0.3 is 37.3 Å². The maximum Gasteiger partial charge on any atom is 0.407 e. The molecule has 0 unspecified atom stereocenters. The van der Waals surface area contributed by atoms with Crippen LogP contribution in [0.2, 0.25) is 0 Å². The molecular formula is C31H45N5O6. The largest absolute Gasteiger partial charge is 0.508 e. The van der Waals surface area contributed by atoms with Gasteiger partial charge >= 0.3 is 6.09 Å². The van der Waals surface area contributed by atoms with Crippen molar-refractivity contribution < 1.29 is 29.0 Å². The van der Waals surface area contributed by atoms with E-state index in [1.807, 2.05) is 44.2 Å². The lowest BCUT2D eigenvalue weighted by molar-refractivity contribution is -0.131. The fourth-order valence-corrected chi connectivity index (χ4v) is 4.48. The minimum absolute atomic E-state index is 0.129. The van der Waals surface area contributed by atoms with Crippen LogP contribution in [0.5, 0.6) is 5.75 Å². The summed E-state index contributed by atoms with van der Waals surface area (Å²) in [6.07, 6.45) is 1.08. The van der Waals surface area contributed by atoms with Crippen molar-refractivity contribution in [1.29, 1.82) is 0 Å². The zero-order valence-corrected chi connectivity index (χ0v) is 25.2. The first-order valence-electron chi connectivity index (χ1n) is 14.1. The summed E-state index contributed by atoms with van der Waals surface area (Å²) in [5, 5.41) is 17.9. The molecule has 2 rings (SSSR count). The lowest BCUT2D eigenvalue weighted by Gasteiger charge is -2.24. The molecule has 2 aromatic carbocycles. The zero-order valence-electron chi connectivity index (χ0n) is 25.2. The molecule has 42 heavy (non-hydrogen) atoms. The molecule has 0 radical (unpaired) electrons. The minimum atomic E-state index is -0.996. The van der Waals surface area contributed by atoms with Gasteiger partial charge in [-0.25, -0.2) is 4.79 Å².